The van der Waals surface area contributed by atoms with Gasteiger partial charge in [-0.15, -0.1) is 0 Å². The molecule has 3 aliphatic rings. The van der Waals surface area contributed by atoms with Crippen LogP contribution >= 0.6 is 0 Å². The Kier molecular flexibility index (Phi) is 7.67. The lowest BCUT2D eigenvalue weighted by Gasteiger charge is -2.53. The molecule has 0 aliphatic heterocycles. The van der Waals surface area contributed by atoms with Gasteiger partial charge < -0.3 is 40.5 Å². The number of nitrogens with one attached hydrogen (secondary N) is 1. The van der Waals surface area contributed by atoms with Crippen LogP contribution in [0.3, 0.4) is 0 Å². The molecule has 0 saturated heterocycles. The molecule has 6 unspecified atom stereocenters. The summed E-state index contributed by atoms with van der Waals surface area (Å²) in [7, 11) is 4.67. The molecule has 8 atom stereocenters. The summed E-state index contributed by atoms with van der Waals surface area (Å²) in [4.78, 5) is 53.7. The summed E-state index contributed by atoms with van der Waals surface area (Å²) in [6.07, 6.45) is -3.91. The zero-order chi connectivity index (χ0) is 31.5. The van der Waals surface area contributed by atoms with Crippen LogP contribution in [0.5, 0.6) is 17.2 Å². The zero-order valence-corrected chi connectivity index (χ0v) is 23.8. The summed E-state index contributed by atoms with van der Waals surface area (Å²) in [6.45, 7) is 1.69. The zero-order valence-electron chi connectivity index (χ0n) is 23.8. The lowest BCUT2D eigenvalue weighted by atomic mass is 9.54. The number of benzene rings is 2. The molecule has 13 nitrogen and oxygen atoms in total. The van der Waals surface area contributed by atoms with Crippen LogP contribution in [-0.4, -0.2) is 88.3 Å². The molecular weight excluding hydrogens is 562 g/mol. The van der Waals surface area contributed by atoms with Crippen LogP contribution in [-0.2, 0) is 14.4 Å². The first-order valence-corrected chi connectivity index (χ1v) is 13.6. The number of phenols is 1. The van der Waals surface area contributed by atoms with Gasteiger partial charge in [0.2, 0.25) is 5.91 Å². The molecule has 0 spiro atoms. The molecule has 0 heterocycles. The van der Waals surface area contributed by atoms with Crippen molar-refractivity contribution >= 4 is 35.0 Å². The number of ketones is 2. The van der Waals surface area contributed by atoms with Crippen molar-refractivity contribution in [3.05, 3.63) is 53.1 Å². The largest absolute Gasteiger partial charge is 0.507 e. The van der Waals surface area contributed by atoms with Crippen LogP contribution in [0.25, 0.3) is 5.76 Å². The van der Waals surface area contributed by atoms with Crippen molar-refractivity contribution in [1.29, 1.82) is 0 Å². The molecule has 0 radical (unpaired) electrons. The molecule has 2 aromatic rings. The van der Waals surface area contributed by atoms with E-state index in [2.05, 4.69) is 5.32 Å². The van der Waals surface area contributed by atoms with Crippen LogP contribution in [0.15, 0.2) is 42.0 Å². The van der Waals surface area contributed by atoms with Gasteiger partial charge in [-0.3, -0.25) is 19.7 Å². The number of aliphatic hydroxyl groups is 3. The number of carbonyl (C=O) groups excluding carboxylic acids is 4. The second-order valence-corrected chi connectivity index (χ2v) is 11.3. The molecule has 43 heavy (non-hydrogen) atoms. The summed E-state index contributed by atoms with van der Waals surface area (Å²) in [5.41, 5.74) is 5.25. The predicted octanol–water partition coefficient (Wildman–Crippen LogP) is 1.17. The Morgan fingerprint density at radius 2 is 1.60 bits per heavy atom. The summed E-state index contributed by atoms with van der Waals surface area (Å²) in [5, 5.41) is 47.7. The van der Waals surface area contributed by atoms with Gasteiger partial charge in [0.25, 0.3) is 0 Å². The maximum atomic E-state index is 14.0. The Morgan fingerprint density at radius 3 is 2.19 bits per heavy atom. The van der Waals surface area contributed by atoms with Gasteiger partial charge >= 0.3 is 6.09 Å². The summed E-state index contributed by atoms with van der Waals surface area (Å²) < 4.78 is 10.3. The monoisotopic (exact) mass is 595 g/mol. The number of nitrogens with two attached hydrogens (primary N) is 1. The van der Waals surface area contributed by atoms with Gasteiger partial charge in [-0.25, -0.2) is 4.79 Å². The number of ether oxygens (including phenoxy) is 2. The fourth-order valence-electron chi connectivity index (χ4n) is 6.95. The molecule has 2 saturated carbocycles. The highest BCUT2D eigenvalue weighted by Gasteiger charge is 2.63. The van der Waals surface area contributed by atoms with E-state index in [-0.39, 0.29) is 22.6 Å². The molecule has 13 heteroatoms. The Labute approximate surface area is 246 Å². The van der Waals surface area contributed by atoms with E-state index in [1.54, 1.807) is 33.2 Å². The Hall–Kier alpha value is -4.46. The van der Waals surface area contributed by atoms with E-state index in [0.29, 0.717) is 11.3 Å². The number of phenolic OH excluding ortho intramolecular Hbond substituents is 1. The molecule has 0 aromatic heterocycles. The van der Waals surface area contributed by atoms with Crippen molar-refractivity contribution in [2.75, 3.05) is 26.5 Å². The number of carbonyl (C=O) groups is 4. The number of Topliss-reactive ketones (excluding diaryl/α,β-unsaturated/α-hetero) is 2. The third-order valence-corrected chi connectivity index (χ3v) is 8.87. The third-order valence-electron chi connectivity index (χ3n) is 8.87. The smallest absolute Gasteiger partial charge is 0.417 e. The Balaban J connectivity index is 1.53. The van der Waals surface area contributed by atoms with Crippen molar-refractivity contribution in [2.24, 2.45) is 29.4 Å². The quantitative estimate of drug-likeness (QED) is 0.213. The number of fused-ring (bicyclic) bond motifs is 3. The van der Waals surface area contributed by atoms with E-state index in [9.17, 15) is 39.6 Å². The molecule has 3 aliphatic carbocycles. The normalized spacial score (nSPS) is 29.8. The van der Waals surface area contributed by atoms with E-state index >= 15 is 0 Å². The first-order chi connectivity index (χ1) is 20.3. The number of likely N-dealkylation sites (N-methyl/N-ethyl adjacent to an activating group) is 1. The molecule has 2 aromatic carbocycles. The molecule has 0 bridgehead atoms. The highest BCUT2D eigenvalue weighted by Crippen LogP contribution is 2.55. The lowest BCUT2D eigenvalue weighted by molar-refractivity contribution is -0.166. The van der Waals surface area contributed by atoms with Gasteiger partial charge in [0, 0.05) is 23.5 Å². The van der Waals surface area contributed by atoms with Gasteiger partial charge in [0.15, 0.2) is 11.6 Å². The number of hydrogen-bond donors (Lipinski definition) is 6. The van der Waals surface area contributed by atoms with Gasteiger partial charge in [-0.2, -0.15) is 0 Å². The SMILES string of the molecule is COc1ccc(OC(=O)Nc2ccc3c(c2O)C(O)=C2C(=O)C4C(=O)C(C(N)=O)C(O)C(N(C)C)C4[C@@H](O)C2[C@H]3C)cc1. The van der Waals surface area contributed by atoms with Crippen molar-refractivity contribution in [3.63, 3.8) is 0 Å². The minimum absolute atomic E-state index is 0.130. The van der Waals surface area contributed by atoms with Crippen molar-refractivity contribution in [3.8, 4) is 17.2 Å². The lowest BCUT2D eigenvalue weighted by Crippen LogP contribution is -2.68. The van der Waals surface area contributed by atoms with E-state index < -0.39 is 82.9 Å². The van der Waals surface area contributed by atoms with Gasteiger partial charge in [0.1, 0.15) is 28.9 Å². The van der Waals surface area contributed by atoms with Crippen LogP contribution < -0.4 is 20.5 Å². The fraction of sp³-hybridized carbons (Fsp3) is 0.400. The van der Waals surface area contributed by atoms with E-state index in [0.717, 1.165) is 0 Å². The Morgan fingerprint density at radius 1 is 0.977 bits per heavy atom. The number of amides is 2. The topological polar surface area (TPSA) is 209 Å². The van der Waals surface area contributed by atoms with Crippen molar-refractivity contribution < 1.29 is 49.1 Å². The molecule has 7 N–H and O–H groups in total. The maximum absolute atomic E-state index is 14.0. The van der Waals surface area contributed by atoms with Gasteiger partial charge in [-0.1, -0.05) is 13.0 Å². The fourth-order valence-corrected chi connectivity index (χ4v) is 6.95. The van der Waals surface area contributed by atoms with E-state index in [4.69, 9.17) is 15.2 Å². The van der Waals surface area contributed by atoms with Crippen LogP contribution in [0.2, 0.25) is 0 Å². The van der Waals surface area contributed by atoms with Crippen molar-refractivity contribution in [1.82, 2.24) is 4.90 Å². The number of rotatable bonds is 5. The van der Waals surface area contributed by atoms with Crippen molar-refractivity contribution in [2.45, 2.75) is 31.1 Å². The molecule has 2 amide bonds. The number of methoxy groups -OCH3 is 1. The minimum atomic E-state index is -1.70. The maximum Gasteiger partial charge on any atom is 0.417 e. The third kappa shape index (κ3) is 4.69. The standard InChI is InChI=1S/C30H33N3O10/c1-11-14-9-10-15(32-30(41)43-13-7-5-12(42-4)6-8-13)23(34)17(14)25(36)19-16(11)24(35)18-20(26(19)37)27(38)21(29(31)40)28(39)22(18)33(2)3/h5-11,16,18,20-22,24,28,34-36,39H,1-4H3,(H2,31,40)(H,32,41)/t11-,16?,18?,20?,21?,22?,24-,28?/m0/s1. The average molecular weight is 596 g/mol. The van der Waals surface area contributed by atoms with Crippen LogP contribution in [0.1, 0.15) is 24.0 Å². The second kappa shape index (κ2) is 11.0. The number of hydrogen-bond acceptors (Lipinski definition) is 11. The number of primary amides is 1. The highest BCUT2D eigenvalue weighted by atomic mass is 16.6. The Bertz CT molecular complexity index is 1540. The van der Waals surface area contributed by atoms with Gasteiger partial charge in [0.05, 0.1) is 36.5 Å². The van der Waals surface area contributed by atoms with E-state index in [1.807, 2.05) is 0 Å². The number of aromatic hydroxyl groups is 1. The summed E-state index contributed by atoms with van der Waals surface area (Å²) in [6, 6.07) is 8.14. The molecule has 228 valence electrons. The predicted molar refractivity (Wildman–Crippen MR) is 151 cm³/mol. The van der Waals surface area contributed by atoms with Crippen LogP contribution in [0, 0.1) is 23.7 Å². The number of anilines is 1. The molecule has 5 rings (SSSR count). The summed E-state index contributed by atoms with van der Waals surface area (Å²) in [5.74, 6) is -9.39. The second-order valence-electron chi connectivity index (χ2n) is 11.3. The van der Waals surface area contributed by atoms with E-state index in [1.165, 1.54) is 36.3 Å². The first kappa shape index (κ1) is 30.0. The number of nitrogens with zero attached hydrogens (tertiary/aromatic N) is 1. The summed E-state index contributed by atoms with van der Waals surface area (Å²) >= 11 is 0. The average Bonchev–Trinajstić information content (AvgIpc) is 2.94. The minimum Gasteiger partial charge on any atom is -0.507 e. The van der Waals surface area contributed by atoms with Crippen LogP contribution in [0.4, 0.5) is 10.5 Å². The molecular formula is C30H33N3O10. The molecule has 2 fully saturated rings. The highest BCUT2D eigenvalue weighted by molar-refractivity contribution is 6.19. The van der Waals surface area contributed by atoms with Gasteiger partial charge in [-0.05, 0) is 55.9 Å². The first-order valence-electron chi connectivity index (χ1n) is 13.6. The number of aliphatic hydroxyl groups excluding tert-OH is 3.